The number of rotatable bonds is 2. The monoisotopic (exact) mass is 450 g/mol. The number of halogens is 1. The van der Waals surface area contributed by atoms with Crippen molar-refractivity contribution in [3.05, 3.63) is 89.2 Å². The average Bonchev–Trinajstić information content (AvgIpc) is 2.82. The molecule has 1 fully saturated rings. The lowest BCUT2D eigenvalue weighted by Gasteiger charge is -2.36. The third-order valence-corrected chi connectivity index (χ3v) is 7.80. The number of hydrogen-bond donors (Lipinski definition) is 0. The van der Waals surface area contributed by atoms with Crippen molar-refractivity contribution in [2.45, 2.75) is 9.79 Å². The van der Waals surface area contributed by atoms with Crippen LogP contribution >= 0.6 is 0 Å². The van der Waals surface area contributed by atoms with Gasteiger partial charge in [-0.1, -0.05) is 24.3 Å². The Hall–Kier alpha value is -3.52. The quantitative estimate of drug-likeness (QED) is 0.469. The summed E-state index contributed by atoms with van der Waals surface area (Å²) in [5.41, 5.74) is 0.920. The number of benzene rings is 3. The topological polar surface area (TPSA) is 74.8 Å². The molecule has 1 saturated heterocycles. The van der Waals surface area contributed by atoms with Crippen LogP contribution in [0.1, 0.15) is 26.3 Å². The van der Waals surface area contributed by atoms with E-state index < -0.39 is 9.84 Å². The van der Waals surface area contributed by atoms with Gasteiger partial charge in [0.05, 0.1) is 15.5 Å². The number of hydrogen-bond acceptors (Lipinski definition) is 5. The summed E-state index contributed by atoms with van der Waals surface area (Å²) in [7, 11) is -3.91. The van der Waals surface area contributed by atoms with Gasteiger partial charge in [-0.15, -0.1) is 0 Å². The van der Waals surface area contributed by atoms with Gasteiger partial charge in [-0.2, -0.15) is 0 Å². The maximum Gasteiger partial charge on any atom is 0.254 e. The molecule has 8 heteroatoms. The zero-order valence-corrected chi connectivity index (χ0v) is 17.8. The second-order valence-corrected chi connectivity index (χ2v) is 9.66. The molecule has 0 aromatic heterocycles. The fourth-order valence-corrected chi connectivity index (χ4v) is 5.94. The van der Waals surface area contributed by atoms with Crippen LogP contribution in [0.4, 0.5) is 10.1 Å². The maximum absolute atomic E-state index is 14.1. The third kappa shape index (κ3) is 3.18. The van der Waals surface area contributed by atoms with Crippen molar-refractivity contribution >= 4 is 27.2 Å². The number of anilines is 1. The summed E-state index contributed by atoms with van der Waals surface area (Å²) >= 11 is 0. The maximum atomic E-state index is 14.1. The number of para-hydroxylation sites is 1. The molecule has 3 aromatic rings. The lowest BCUT2D eigenvalue weighted by atomic mass is 10.0. The van der Waals surface area contributed by atoms with Crippen LogP contribution in [0.2, 0.25) is 0 Å². The summed E-state index contributed by atoms with van der Waals surface area (Å²) in [4.78, 5) is 29.2. The number of ketones is 1. The Bertz CT molecular complexity index is 1360. The molecule has 0 radical (unpaired) electrons. The fraction of sp³-hybridized carbons (Fsp3) is 0.167. The predicted molar refractivity (Wildman–Crippen MR) is 116 cm³/mol. The van der Waals surface area contributed by atoms with Crippen molar-refractivity contribution in [2.24, 2.45) is 0 Å². The van der Waals surface area contributed by atoms with E-state index in [1.807, 2.05) is 4.90 Å². The van der Waals surface area contributed by atoms with Crippen LogP contribution in [0.25, 0.3) is 0 Å². The van der Waals surface area contributed by atoms with Gasteiger partial charge in [0.1, 0.15) is 5.82 Å². The molecule has 0 N–H and O–H groups in total. The first-order valence-corrected chi connectivity index (χ1v) is 11.7. The molecule has 5 rings (SSSR count). The first kappa shape index (κ1) is 20.4. The van der Waals surface area contributed by atoms with Crippen LogP contribution in [0.15, 0.2) is 76.5 Å². The Labute approximate surface area is 184 Å². The van der Waals surface area contributed by atoms with E-state index in [9.17, 15) is 22.4 Å². The van der Waals surface area contributed by atoms with Gasteiger partial charge in [-0.05, 0) is 42.5 Å². The SMILES string of the molecule is O=C1c2ccccc2S(=O)(=O)c2cc(C(=O)N3CCN(c4ccccc4F)CC3)ccc21. The molecule has 6 nitrogen and oxygen atoms in total. The first-order valence-electron chi connectivity index (χ1n) is 10.2. The standard InChI is InChI=1S/C24H19FN2O4S/c25-19-6-2-3-7-20(19)26-11-13-27(14-12-26)24(29)16-9-10-18-22(15-16)32(30,31)21-8-4-1-5-17(21)23(18)28/h1-10,15H,11-14H2. The summed E-state index contributed by atoms with van der Waals surface area (Å²) in [5.74, 6) is -0.998. The Morgan fingerprint density at radius 2 is 1.47 bits per heavy atom. The highest BCUT2D eigenvalue weighted by Crippen LogP contribution is 2.35. The molecular weight excluding hydrogens is 431 g/mol. The number of carbonyl (C=O) groups excluding carboxylic acids is 2. The van der Waals surface area contributed by atoms with E-state index in [2.05, 4.69) is 0 Å². The van der Waals surface area contributed by atoms with Crippen molar-refractivity contribution in [3.63, 3.8) is 0 Å². The van der Waals surface area contributed by atoms with Crippen LogP contribution in [-0.2, 0) is 9.84 Å². The molecule has 0 atom stereocenters. The molecule has 0 spiro atoms. The van der Waals surface area contributed by atoms with E-state index >= 15 is 0 Å². The van der Waals surface area contributed by atoms with E-state index in [4.69, 9.17) is 0 Å². The molecule has 0 saturated carbocycles. The highest BCUT2D eigenvalue weighted by atomic mass is 32.2. The van der Waals surface area contributed by atoms with Gasteiger partial charge in [-0.25, -0.2) is 12.8 Å². The van der Waals surface area contributed by atoms with Gasteiger partial charge < -0.3 is 9.80 Å². The fourth-order valence-electron chi connectivity index (χ4n) is 4.26. The van der Waals surface area contributed by atoms with Crippen LogP contribution in [-0.4, -0.2) is 51.2 Å². The number of amides is 1. The smallest absolute Gasteiger partial charge is 0.254 e. The number of sulfone groups is 1. The number of carbonyl (C=O) groups is 2. The second-order valence-electron chi connectivity index (χ2n) is 7.77. The Morgan fingerprint density at radius 3 is 2.22 bits per heavy atom. The summed E-state index contributed by atoms with van der Waals surface area (Å²) in [5, 5.41) is 0. The van der Waals surface area contributed by atoms with E-state index in [-0.39, 0.29) is 44.0 Å². The van der Waals surface area contributed by atoms with Gasteiger partial charge in [-0.3, -0.25) is 9.59 Å². The molecule has 1 amide bonds. The van der Waals surface area contributed by atoms with Crippen LogP contribution < -0.4 is 4.90 Å². The molecule has 0 bridgehead atoms. The normalized spacial score (nSPS) is 17.0. The minimum Gasteiger partial charge on any atom is -0.366 e. The highest BCUT2D eigenvalue weighted by Gasteiger charge is 2.35. The first-order chi connectivity index (χ1) is 15.4. The van der Waals surface area contributed by atoms with Crippen LogP contribution in [0.5, 0.6) is 0 Å². The van der Waals surface area contributed by atoms with Gasteiger partial charge >= 0.3 is 0 Å². The molecule has 2 aliphatic heterocycles. The summed E-state index contributed by atoms with van der Waals surface area (Å²) in [6, 6.07) is 16.8. The van der Waals surface area contributed by atoms with E-state index in [0.717, 1.165) is 0 Å². The molecular formula is C24H19FN2O4S. The second kappa shape index (κ2) is 7.56. The highest BCUT2D eigenvalue weighted by molar-refractivity contribution is 7.91. The predicted octanol–water partition coefficient (Wildman–Crippen LogP) is 3.17. The Balaban J connectivity index is 1.40. The molecule has 3 aromatic carbocycles. The lowest BCUT2D eigenvalue weighted by molar-refractivity contribution is 0.0746. The molecule has 0 aliphatic carbocycles. The number of nitrogens with zero attached hydrogens (tertiary/aromatic N) is 2. The molecule has 162 valence electrons. The van der Waals surface area contributed by atoms with E-state index in [1.54, 1.807) is 35.2 Å². The lowest BCUT2D eigenvalue weighted by Crippen LogP contribution is -2.49. The van der Waals surface area contributed by atoms with Gasteiger partial charge in [0.15, 0.2) is 5.78 Å². The van der Waals surface area contributed by atoms with E-state index in [0.29, 0.717) is 31.9 Å². The van der Waals surface area contributed by atoms with E-state index in [1.165, 1.54) is 36.4 Å². The number of fused-ring (bicyclic) bond motifs is 2. The van der Waals surface area contributed by atoms with Gasteiger partial charge in [0.25, 0.3) is 5.91 Å². The van der Waals surface area contributed by atoms with Gasteiger partial charge in [0.2, 0.25) is 9.84 Å². The van der Waals surface area contributed by atoms with Crippen LogP contribution in [0.3, 0.4) is 0 Å². The largest absolute Gasteiger partial charge is 0.366 e. The summed E-state index contributed by atoms with van der Waals surface area (Å²) in [6.07, 6.45) is 0. The van der Waals surface area contributed by atoms with Crippen molar-refractivity contribution < 1.29 is 22.4 Å². The summed E-state index contributed by atoms with van der Waals surface area (Å²) < 4.78 is 40.3. The zero-order valence-electron chi connectivity index (χ0n) is 17.0. The van der Waals surface area contributed by atoms with Crippen molar-refractivity contribution in [1.82, 2.24) is 4.90 Å². The van der Waals surface area contributed by atoms with Crippen molar-refractivity contribution in [2.75, 3.05) is 31.1 Å². The number of piperazine rings is 1. The minimum atomic E-state index is -3.91. The van der Waals surface area contributed by atoms with Crippen molar-refractivity contribution in [3.8, 4) is 0 Å². The van der Waals surface area contributed by atoms with Crippen LogP contribution in [0, 0.1) is 5.82 Å². The van der Waals surface area contributed by atoms with Gasteiger partial charge in [0, 0.05) is 42.9 Å². The molecule has 32 heavy (non-hydrogen) atoms. The zero-order chi connectivity index (χ0) is 22.5. The average molecular weight is 450 g/mol. The minimum absolute atomic E-state index is 0.0411. The molecule has 0 unspecified atom stereocenters. The third-order valence-electron chi connectivity index (χ3n) is 5.94. The summed E-state index contributed by atoms with van der Waals surface area (Å²) in [6.45, 7) is 1.67. The Morgan fingerprint density at radius 1 is 0.812 bits per heavy atom. The Kier molecular flexibility index (Phi) is 4.82. The molecule has 2 heterocycles. The van der Waals surface area contributed by atoms with Crippen molar-refractivity contribution in [1.29, 1.82) is 0 Å². The molecule has 2 aliphatic rings.